The van der Waals surface area contributed by atoms with Gasteiger partial charge in [0.05, 0.1) is 0 Å². The Hall–Kier alpha value is -1.90. The third-order valence-corrected chi connectivity index (χ3v) is 2.53. The van der Waals surface area contributed by atoms with Crippen molar-refractivity contribution in [3.8, 4) is 0 Å². The highest BCUT2D eigenvalue weighted by molar-refractivity contribution is 5.98. The molecule has 1 heterocycles. The summed E-state index contributed by atoms with van der Waals surface area (Å²) in [6.07, 6.45) is 4.69. The van der Waals surface area contributed by atoms with E-state index in [1.807, 2.05) is 42.5 Å². The molecule has 1 saturated heterocycles. The van der Waals surface area contributed by atoms with E-state index in [2.05, 4.69) is 5.32 Å². The molecule has 0 bridgehead atoms. The Morgan fingerprint density at radius 1 is 1.06 bits per heavy atom. The molecule has 1 aromatic carbocycles. The van der Waals surface area contributed by atoms with Crippen molar-refractivity contribution in [2.24, 2.45) is 5.92 Å². The van der Waals surface area contributed by atoms with E-state index in [1.54, 1.807) is 0 Å². The van der Waals surface area contributed by atoms with E-state index in [4.69, 9.17) is 0 Å². The second kappa shape index (κ2) is 4.75. The maximum Gasteiger partial charge on any atom is 0.227 e. The first-order valence-electron chi connectivity index (χ1n) is 5.30. The van der Waals surface area contributed by atoms with Gasteiger partial charge < -0.3 is 0 Å². The monoisotopic (exact) mass is 215 g/mol. The van der Waals surface area contributed by atoms with Crippen LogP contribution in [0.25, 0.3) is 6.08 Å². The van der Waals surface area contributed by atoms with Gasteiger partial charge in [0.1, 0.15) is 0 Å². The summed E-state index contributed by atoms with van der Waals surface area (Å²) in [5.74, 6) is -0.334. The van der Waals surface area contributed by atoms with Crippen molar-refractivity contribution in [2.45, 2.75) is 12.8 Å². The number of benzene rings is 1. The molecule has 3 heteroatoms. The average molecular weight is 215 g/mol. The molecule has 0 spiro atoms. The Kier molecular flexibility index (Phi) is 3.15. The molecule has 1 N–H and O–H groups in total. The molecule has 1 aliphatic rings. The van der Waals surface area contributed by atoms with Crippen molar-refractivity contribution >= 4 is 17.9 Å². The Morgan fingerprint density at radius 3 is 2.31 bits per heavy atom. The summed E-state index contributed by atoms with van der Waals surface area (Å²) in [7, 11) is 0. The number of allylic oxidation sites excluding steroid dienone is 1. The molecule has 3 nitrogen and oxygen atoms in total. The van der Waals surface area contributed by atoms with Gasteiger partial charge in [0, 0.05) is 12.8 Å². The number of carbonyl (C=O) groups excluding carboxylic acids is 2. The van der Waals surface area contributed by atoms with E-state index in [9.17, 15) is 9.59 Å². The number of nitrogens with one attached hydrogen (secondary N) is 1. The molecule has 16 heavy (non-hydrogen) atoms. The van der Waals surface area contributed by atoms with Crippen LogP contribution in [-0.2, 0) is 9.59 Å². The van der Waals surface area contributed by atoms with Gasteiger partial charge in [-0.25, -0.2) is 0 Å². The van der Waals surface area contributed by atoms with Crippen molar-refractivity contribution in [2.75, 3.05) is 0 Å². The highest BCUT2D eigenvalue weighted by Gasteiger charge is 2.22. The normalized spacial score (nSPS) is 17.8. The average Bonchev–Trinajstić information content (AvgIpc) is 2.27. The summed E-state index contributed by atoms with van der Waals surface area (Å²) in [5.41, 5.74) is 1.08. The number of piperidine rings is 1. The molecule has 2 amide bonds. The van der Waals surface area contributed by atoms with Crippen LogP contribution in [0.4, 0.5) is 0 Å². The fraction of sp³-hybridized carbons (Fsp3) is 0.231. The van der Waals surface area contributed by atoms with Crippen molar-refractivity contribution in [3.63, 3.8) is 0 Å². The second-order valence-electron chi connectivity index (χ2n) is 3.91. The fourth-order valence-corrected chi connectivity index (χ4v) is 1.75. The van der Waals surface area contributed by atoms with Gasteiger partial charge in [-0.15, -0.1) is 0 Å². The lowest BCUT2D eigenvalue weighted by atomic mass is 9.96. The SMILES string of the molecule is O=C1CC(/C=C\c2ccccc2)CC(=O)N1. The number of hydrogen-bond acceptors (Lipinski definition) is 2. The summed E-state index contributed by atoms with van der Waals surface area (Å²) in [4.78, 5) is 22.3. The van der Waals surface area contributed by atoms with Crippen LogP contribution >= 0.6 is 0 Å². The first kappa shape index (κ1) is 10.6. The maximum absolute atomic E-state index is 11.1. The zero-order valence-corrected chi connectivity index (χ0v) is 8.85. The molecule has 1 aromatic rings. The van der Waals surface area contributed by atoms with Gasteiger partial charge in [-0.3, -0.25) is 14.9 Å². The van der Waals surface area contributed by atoms with Crippen LogP contribution in [0.5, 0.6) is 0 Å². The molecule has 0 unspecified atom stereocenters. The Labute approximate surface area is 94.2 Å². The van der Waals surface area contributed by atoms with Gasteiger partial charge in [0.25, 0.3) is 0 Å². The lowest BCUT2D eigenvalue weighted by Gasteiger charge is -2.17. The number of amides is 2. The zero-order valence-electron chi connectivity index (χ0n) is 8.85. The molecule has 1 aliphatic heterocycles. The first-order valence-corrected chi connectivity index (χ1v) is 5.30. The number of imide groups is 1. The quantitative estimate of drug-likeness (QED) is 0.764. The van der Waals surface area contributed by atoms with E-state index < -0.39 is 0 Å². The summed E-state index contributed by atoms with van der Waals surface area (Å²) >= 11 is 0. The van der Waals surface area contributed by atoms with Gasteiger partial charge in [-0.2, -0.15) is 0 Å². The van der Waals surface area contributed by atoms with Gasteiger partial charge in [0.2, 0.25) is 11.8 Å². The summed E-state index contributed by atoms with van der Waals surface area (Å²) in [6.45, 7) is 0. The Morgan fingerprint density at radius 2 is 1.69 bits per heavy atom. The Bertz CT molecular complexity index is 407. The smallest absolute Gasteiger partial charge is 0.227 e. The molecule has 0 atom stereocenters. The van der Waals surface area contributed by atoms with Gasteiger partial charge in [-0.1, -0.05) is 42.5 Å². The number of carbonyl (C=O) groups is 2. The van der Waals surface area contributed by atoms with Gasteiger partial charge in [-0.05, 0) is 11.5 Å². The van der Waals surface area contributed by atoms with Crippen molar-refractivity contribution < 1.29 is 9.59 Å². The minimum absolute atomic E-state index is 0.0291. The molecule has 0 aromatic heterocycles. The number of hydrogen-bond donors (Lipinski definition) is 1. The highest BCUT2D eigenvalue weighted by Crippen LogP contribution is 2.16. The summed E-state index contributed by atoms with van der Waals surface area (Å²) in [5, 5.41) is 2.30. The zero-order chi connectivity index (χ0) is 11.4. The molecule has 0 radical (unpaired) electrons. The largest absolute Gasteiger partial charge is 0.296 e. The highest BCUT2D eigenvalue weighted by atomic mass is 16.2. The van der Waals surface area contributed by atoms with E-state index in [1.165, 1.54) is 0 Å². The standard InChI is InChI=1S/C13H13NO2/c15-12-8-11(9-13(16)14-12)7-6-10-4-2-1-3-5-10/h1-7,11H,8-9H2,(H,14,15,16)/b7-6-. The molecule has 82 valence electrons. The molecule has 0 saturated carbocycles. The van der Waals surface area contributed by atoms with E-state index in [-0.39, 0.29) is 17.7 Å². The van der Waals surface area contributed by atoms with Crippen LogP contribution in [0.1, 0.15) is 18.4 Å². The van der Waals surface area contributed by atoms with E-state index in [0.29, 0.717) is 12.8 Å². The third-order valence-electron chi connectivity index (χ3n) is 2.53. The summed E-state index contributed by atoms with van der Waals surface area (Å²) < 4.78 is 0. The third kappa shape index (κ3) is 2.79. The van der Waals surface area contributed by atoms with Crippen LogP contribution in [0.3, 0.4) is 0 Å². The van der Waals surface area contributed by atoms with Crippen molar-refractivity contribution in [3.05, 3.63) is 42.0 Å². The first-order chi connectivity index (χ1) is 7.74. The second-order valence-corrected chi connectivity index (χ2v) is 3.91. The molecule has 1 fully saturated rings. The molecule has 2 rings (SSSR count). The van der Waals surface area contributed by atoms with Crippen LogP contribution in [0.2, 0.25) is 0 Å². The molecular weight excluding hydrogens is 202 g/mol. The van der Waals surface area contributed by atoms with Crippen molar-refractivity contribution in [1.29, 1.82) is 0 Å². The van der Waals surface area contributed by atoms with Crippen LogP contribution in [0.15, 0.2) is 36.4 Å². The topological polar surface area (TPSA) is 46.2 Å². The van der Waals surface area contributed by atoms with E-state index >= 15 is 0 Å². The van der Waals surface area contributed by atoms with Gasteiger partial charge in [0.15, 0.2) is 0 Å². The number of rotatable bonds is 2. The molecular formula is C13H13NO2. The Balaban J connectivity index is 2.02. The van der Waals surface area contributed by atoms with Crippen LogP contribution < -0.4 is 5.32 Å². The van der Waals surface area contributed by atoms with Crippen molar-refractivity contribution in [1.82, 2.24) is 5.32 Å². The minimum Gasteiger partial charge on any atom is -0.296 e. The van der Waals surface area contributed by atoms with Gasteiger partial charge >= 0.3 is 0 Å². The predicted octanol–water partition coefficient (Wildman–Crippen LogP) is 1.75. The minimum atomic E-state index is -0.182. The molecule has 0 aliphatic carbocycles. The van der Waals surface area contributed by atoms with Crippen LogP contribution in [-0.4, -0.2) is 11.8 Å². The maximum atomic E-state index is 11.1. The van der Waals surface area contributed by atoms with Crippen LogP contribution in [0, 0.1) is 5.92 Å². The fourth-order valence-electron chi connectivity index (χ4n) is 1.75. The lowest BCUT2D eigenvalue weighted by molar-refractivity contribution is -0.134. The van der Waals surface area contributed by atoms with E-state index in [0.717, 1.165) is 5.56 Å². The lowest BCUT2D eigenvalue weighted by Crippen LogP contribution is -2.37. The predicted molar refractivity (Wildman–Crippen MR) is 61.3 cm³/mol. The summed E-state index contributed by atoms with van der Waals surface area (Å²) in [6, 6.07) is 9.84.